The quantitative estimate of drug-likeness (QED) is 0.792. The van der Waals surface area contributed by atoms with E-state index in [4.69, 9.17) is 4.74 Å². The van der Waals surface area contributed by atoms with Gasteiger partial charge < -0.3 is 9.64 Å². The molecule has 5 nitrogen and oxygen atoms in total. The number of sulfone groups is 1. The normalized spacial score (nSPS) is 14.4. The van der Waals surface area contributed by atoms with Gasteiger partial charge in [-0.2, -0.15) is 0 Å². The molecule has 130 valence electrons. The standard InChI is InChI=1S/C17H27NO4S/c1-12(2)11-13(3)22-17(19)18(5)14(4)15-7-9-16(10-8-15)23(6,20)21/h7-10,12-14H,11H2,1-6H3/t13-,14-/m1/s1. The Balaban J connectivity index is 2.76. The number of rotatable bonds is 6. The third kappa shape index (κ3) is 5.86. The summed E-state index contributed by atoms with van der Waals surface area (Å²) in [5, 5.41) is 0. The maximum atomic E-state index is 12.2. The molecule has 0 radical (unpaired) electrons. The molecule has 1 rings (SSSR count). The average molecular weight is 341 g/mol. The monoisotopic (exact) mass is 341 g/mol. The molecule has 1 aromatic rings. The highest BCUT2D eigenvalue weighted by Crippen LogP contribution is 2.22. The molecule has 0 saturated carbocycles. The zero-order chi connectivity index (χ0) is 17.8. The molecule has 0 fully saturated rings. The number of carbonyl (C=O) groups excluding carboxylic acids is 1. The molecular weight excluding hydrogens is 314 g/mol. The highest BCUT2D eigenvalue weighted by molar-refractivity contribution is 7.90. The summed E-state index contributed by atoms with van der Waals surface area (Å²) in [4.78, 5) is 14.0. The molecule has 2 atom stereocenters. The van der Waals surface area contributed by atoms with Crippen LogP contribution in [0.25, 0.3) is 0 Å². The minimum absolute atomic E-state index is 0.134. The Kier molecular flexibility index (Phi) is 6.62. The van der Waals surface area contributed by atoms with E-state index >= 15 is 0 Å². The summed E-state index contributed by atoms with van der Waals surface area (Å²) in [5.74, 6) is 0.462. The van der Waals surface area contributed by atoms with E-state index in [1.807, 2.05) is 13.8 Å². The minimum atomic E-state index is -3.21. The number of benzene rings is 1. The lowest BCUT2D eigenvalue weighted by atomic mass is 10.1. The Labute approximate surface area is 139 Å². The molecule has 0 unspecified atom stereocenters. The lowest BCUT2D eigenvalue weighted by Gasteiger charge is -2.27. The molecule has 0 aliphatic rings. The van der Waals surface area contributed by atoms with Gasteiger partial charge in [-0.05, 0) is 43.9 Å². The van der Waals surface area contributed by atoms with Gasteiger partial charge in [0, 0.05) is 13.3 Å². The predicted molar refractivity (Wildman–Crippen MR) is 91.1 cm³/mol. The summed E-state index contributed by atoms with van der Waals surface area (Å²) in [7, 11) is -1.53. The van der Waals surface area contributed by atoms with Crippen molar-refractivity contribution in [2.24, 2.45) is 5.92 Å². The summed E-state index contributed by atoms with van der Waals surface area (Å²) in [6.45, 7) is 7.93. The molecule has 0 heterocycles. The van der Waals surface area contributed by atoms with E-state index in [1.165, 1.54) is 11.2 Å². The highest BCUT2D eigenvalue weighted by atomic mass is 32.2. The smallest absolute Gasteiger partial charge is 0.410 e. The second-order valence-corrected chi connectivity index (χ2v) is 8.47. The van der Waals surface area contributed by atoms with E-state index in [1.54, 1.807) is 31.3 Å². The van der Waals surface area contributed by atoms with E-state index in [9.17, 15) is 13.2 Å². The Morgan fingerprint density at radius 1 is 1.13 bits per heavy atom. The third-order valence-corrected chi connectivity index (χ3v) is 4.89. The summed E-state index contributed by atoms with van der Waals surface area (Å²) in [6.07, 6.45) is 1.48. The topological polar surface area (TPSA) is 63.7 Å². The van der Waals surface area contributed by atoms with Crippen molar-refractivity contribution < 1.29 is 17.9 Å². The lowest BCUT2D eigenvalue weighted by Crippen LogP contribution is -2.32. The van der Waals surface area contributed by atoms with Gasteiger partial charge in [-0.25, -0.2) is 13.2 Å². The van der Waals surface area contributed by atoms with E-state index < -0.39 is 9.84 Å². The number of carbonyl (C=O) groups is 1. The summed E-state index contributed by atoms with van der Waals surface area (Å²) in [5.41, 5.74) is 0.855. The number of ether oxygens (including phenoxy) is 1. The molecule has 0 aliphatic heterocycles. The molecule has 6 heteroatoms. The lowest BCUT2D eigenvalue weighted by molar-refractivity contribution is 0.0593. The fraction of sp³-hybridized carbons (Fsp3) is 0.588. The fourth-order valence-electron chi connectivity index (χ4n) is 2.34. The first-order chi connectivity index (χ1) is 10.5. The van der Waals surface area contributed by atoms with Crippen LogP contribution in [0.5, 0.6) is 0 Å². The Morgan fingerprint density at radius 2 is 1.65 bits per heavy atom. The van der Waals surface area contributed by atoms with Gasteiger partial charge in [0.05, 0.1) is 10.9 Å². The molecule has 0 aromatic heterocycles. The summed E-state index contributed by atoms with van der Waals surface area (Å²) < 4.78 is 28.4. The second kappa shape index (κ2) is 7.81. The van der Waals surface area contributed by atoms with E-state index in [-0.39, 0.29) is 23.1 Å². The van der Waals surface area contributed by atoms with Crippen LogP contribution in [-0.4, -0.2) is 38.8 Å². The highest BCUT2D eigenvalue weighted by Gasteiger charge is 2.21. The van der Waals surface area contributed by atoms with Crippen molar-refractivity contribution >= 4 is 15.9 Å². The van der Waals surface area contributed by atoms with Crippen LogP contribution < -0.4 is 0 Å². The van der Waals surface area contributed by atoms with Crippen molar-refractivity contribution in [3.63, 3.8) is 0 Å². The Hall–Kier alpha value is -1.56. The molecule has 23 heavy (non-hydrogen) atoms. The molecule has 0 N–H and O–H groups in total. The van der Waals surface area contributed by atoms with Gasteiger partial charge in [-0.1, -0.05) is 26.0 Å². The van der Waals surface area contributed by atoms with Crippen LogP contribution in [0.4, 0.5) is 4.79 Å². The number of hydrogen-bond donors (Lipinski definition) is 0. The fourth-order valence-corrected chi connectivity index (χ4v) is 2.97. The SMILES string of the molecule is CC(C)C[C@@H](C)OC(=O)N(C)[C@H](C)c1ccc(S(C)(=O)=O)cc1. The van der Waals surface area contributed by atoms with Gasteiger partial charge >= 0.3 is 6.09 Å². The molecule has 0 saturated heterocycles. The van der Waals surface area contributed by atoms with Crippen molar-refractivity contribution in [2.75, 3.05) is 13.3 Å². The first-order valence-corrected chi connectivity index (χ1v) is 9.65. The van der Waals surface area contributed by atoms with Crippen molar-refractivity contribution in [3.05, 3.63) is 29.8 Å². The second-order valence-electron chi connectivity index (χ2n) is 6.45. The van der Waals surface area contributed by atoms with Gasteiger partial charge in [0.2, 0.25) is 0 Å². The maximum absolute atomic E-state index is 12.2. The van der Waals surface area contributed by atoms with Crippen LogP contribution in [-0.2, 0) is 14.6 Å². The molecule has 1 amide bonds. The number of amides is 1. The summed E-state index contributed by atoms with van der Waals surface area (Å²) in [6, 6.07) is 6.36. The molecule has 0 aliphatic carbocycles. The molecule has 0 spiro atoms. The zero-order valence-corrected chi connectivity index (χ0v) is 15.6. The summed E-state index contributed by atoms with van der Waals surface area (Å²) >= 11 is 0. The van der Waals surface area contributed by atoms with Crippen LogP contribution in [0.3, 0.4) is 0 Å². The van der Waals surface area contributed by atoms with Gasteiger partial charge in [0.1, 0.15) is 6.10 Å². The predicted octanol–water partition coefficient (Wildman–Crippen LogP) is 3.65. The van der Waals surface area contributed by atoms with E-state index in [0.29, 0.717) is 5.92 Å². The van der Waals surface area contributed by atoms with Crippen LogP contribution in [0, 0.1) is 5.92 Å². The third-order valence-electron chi connectivity index (χ3n) is 3.76. The van der Waals surface area contributed by atoms with Crippen molar-refractivity contribution in [1.82, 2.24) is 4.90 Å². The van der Waals surface area contributed by atoms with Crippen LogP contribution in [0.1, 0.15) is 45.7 Å². The van der Waals surface area contributed by atoms with Gasteiger partial charge in [-0.3, -0.25) is 0 Å². The molecule has 1 aromatic carbocycles. The zero-order valence-electron chi connectivity index (χ0n) is 14.7. The first-order valence-electron chi connectivity index (χ1n) is 7.75. The molecule has 0 bridgehead atoms. The van der Waals surface area contributed by atoms with Gasteiger partial charge in [-0.15, -0.1) is 0 Å². The van der Waals surface area contributed by atoms with Gasteiger partial charge in [0.15, 0.2) is 9.84 Å². The van der Waals surface area contributed by atoms with Crippen LogP contribution >= 0.6 is 0 Å². The van der Waals surface area contributed by atoms with Crippen molar-refractivity contribution in [1.29, 1.82) is 0 Å². The van der Waals surface area contributed by atoms with Crippen molar-refractivity contribution in [2.45, 2.75) is 51.2 Å². The first kappa shape index (κ1) is 19.5. The van der Waals surface area contributed by atoms with Crippen LogP contribution in [0.15, 0.2) is 29.2 Å². The average Bonchev–Trinajstić information content (AvgIpc) is 2.43. The van der Waals surface area contributed by atoms with Crippen molar-refractivity contribution in [3.8, 4) is 0 Å². The maximum Gasteiger partial charge on any atom is 0.410 e. The molecular formula is C17H27NO4S. The van der Waals surface area contributed by atoms with E-state index in [0.717, 1.165) is 12.0 Å². The Morgan fingerprint density at radius 3 is 2.09 bits per heavy atom. The van der Waals surface area contributed by atoms with Gasteiger partial charge in [0.25, 0.3) is 0 Å². The number of nitrogens with zero attached hydrogens (tertiary/aromatic N) is 1. The minimum Gasteiger partial charge on any atom is -0.446 e. The Bertz CT molecular complexity index is 622. The largest absolute Gasteiger partial charge is 0.446 e. The van der Waals surface area contributed by atoms with E-state index in [2.05, 4.69) is 13.8 Å². The number of hydrogen-bond acceptors (Lipinski definition) is 4. The van der Waals surface area contributed by atoms with Crippen LogP contribution in [0.2, 0.25) is 0 Å².